The quantitative estimate of drug-likeness (QED) is 0.728. The van der Waals surface area contributed by atoms with Crippen LogP contribution in [0.1, 0.15) is 12.0 Å². The van der Waals surface area contributed by atoms with Crippen LogP contribution < -0.4 is 14.8 Å². The molecule has 2 rings (SSSR count). The molecule has 0 aromatic heterocycles. The van der Waals surface area contributed by atoms with Crippen LogP contribution in [0.2, 0.25) is 0 Å². The van der Waals surface area contributed by atoms with Crippen molar-refractivity contribution in [3.63, 3.8) is 0 Å². The maximum atomic E-state index is 10.9. The van der Waals surface area contributed by atoms with Gasteiger partial charge in [0.05, 0.1) is 13.4 Å². The molecule has 2 aromatic carbocycles. The van der Waals surface area contributed by atoms with Crippen molar-refractivity contribution in [3.8, 4) is 5.75 Å². The Hall–Kier alpha value is -1.63. The topological polar surface area (TPSA) is 67.4 Å². The van der Waals surface area contributed by atoms with Crippen LogP contribution in [0.15, 0.2) is 36.4 Å². The van der Waals surface area contributed by atoms with Gasteiger partial charge in [-0.2, -0.15) is 0 Å². The molecule has 2 N–H and O–H groups in total. The summed E-state index contributed by atoms with van der Waals surface area (Å²) in [4.78, 5) is 0. The molecule has 0 aliphatic carbocycles. The van der Waals surface area contributed by atoms with Crippen LogP contribution in [0.25, 0.3) is 10.8 Å². The smallest absolute Gasteiger partial charge is 0.208 e. The van der Waals surface area contributed by atoms with E-state index in [9.17, 15) is 8.42 Å². The van der Waals surface area contributed by atoms with Gasteiger partial charge in [0.15, 0.2) is 0 Å². The highest BCUT2D eigenvalue weighted by Crippen LogP contribution is 2.21. The van der Waals surface area contributed by atoms with E-state index < -0.39 is 10.0 Å². The number of sulfonamides is 1. The fourth-order valence-corrected chi connectivity index (χ4v) is 2.73. The fourth-order valence-electron chi connectivity index (χ4n) is 2.21. The zero-order chi connectivity index (χ0) is 16.0. The van der Waals surface area contributed by atoms with E-state index in [1.165, 1.54) is 17.2 Å². The lowest BCUT2D eigenvalue weighted by molar-refractivity contribution is 0.415. The van der Waals surface area contributed by atoms with E-state index in [0.29, 0.717) is 6.54 Å². The molecule has 120 valence electrons. The summed E-state index contributed by atoms with van der Waals surface area (Å²) in [7, 11) is -1.42. The summed E-state index contributed by atoms with van der Waals surface area (Å²) in [6, 6.07) is 12.3. The van der Waals surface area contributed by atoms with Crippen LogP contribution in [-0.2, 0) is 16.6 Å². The number of fused-ring (bicyclic) bond motifs is 1. The van der Waals surface area contributed by atoms with E-state index >= 15 is 0 Å². The molecule has 5 nitrogen and oxygen atoms in total. The van der Waals surface area contributed by atoms with Gasteiger partial charge < -0.3 is 10.1 Å². The number of nitrogens with one attached hydrogen (secondary N) is 2. The van der Waals surface area contributed by atoms with Crippen molar-refractivity contribution in [2.75, 3.05) is 26.5 Å². The largest absolute Gasteiger partial charge is 0.497 e. The first kappa shape index (κ1) is 16.7. The fraction of sp³-hybridized carbons (Fsp3) is 0.375. The van der Waals surface area contributed by atoms with Crippen LogP contribution in [0.3, 0.4) is 0 Å². The molecule has 0 unspecified atom stereocenters. The molecule has 2 aromatic rings. The highest BCUT2D eigenvalue weighted by atomic mass is 32.2. The van der Waals surface area contributed by atoms with Gasteiger partial charge in [0.2, 0.25) is 10.0 Å². The summed E-state index contributed by atoms with van der Waals surface area (Å²) >= 11 is 0. The van der Waals surface area contributed by atoms with Crippen LogP contribution in [0.4, 0.5) is 0 Å². The van der Waals surface area contributed by atoms with Gasteiger partial charge in [-0.25, -0.2) is 13.1 Å². The number of ether oxygens (including phenoxy) is 1. The van der Waals surface area contributed by atoms with Gasteiger partial charge in [0.1, 0.15) is 5.75 Å². The van der Waals surface area contributed by atoms with E-state index in [2.05, 4.69) is 28.2 Å². The first-order valence-corrected chi connectivity index (χ1v) is 9.09. The summed E-state index contributed by atoms with van der Waals surface area (Å²) in [6.07, 6.45) is 1.93. The molecule has 6 heteroatoms. The minimum atomic E-state index is -3.08. The Balaban J connectivity index is 1.82. The Morgan fingerprint density at radius 2 is 1.77 bits per heavy atom. The normalized spacial score (nSPS) is 11.7. The number of rotatable bonds is 8. The van der Waals surface area contributed by atoms with Crippen LogP contribution in [0, 0.1) is 0 Å². The molecule has 0 fully saturated rings. The number of methoxy groups -OCH3 is 1. The molecule has 0 amide bonds. The third-order valence-electron chi connectivity index (χ3n) is 3.34. The highest BCUT2D eigenvalue weighted by Gasteiger charge is 2.00. The third kappa shape index (κ3) is 5.29. The monoisotopic (exact) mass is 322 g/mol. The zero-order valence-corrected chi connectivity index (χ0v) is 13.7. The van der Waals surface area contributed by atoms with E-state index in [1.807, 2.05) is 18.2 Å². The van der Waals surface area contributed by atoms with Gasteiger partial charge in [-0.15, -0.1) is 0 Å². The second-order valence-electron chi connectivity index (χ2n) is 5.24. The third-order valence-corrected chi connectivity index (χ3v) is 4.06. The summed E-state index contributed by atoms with van der Waals surface area (Å²) in [5, 5.41) is 5.65. The maximum Gasteiger partial charge on any atom is 0.208 e. The van der Waals surface area contributed by atoms with Crippen molar-refractivity contribution in [2.45, 2.75) is 13.0 Å². The Bertz CT molecular complexity index is 729. The Labute approximate surface area is 131 Å². The van der Waals surface area contributed by atoms with Gasteiger partial charge in [0.25, 0.3) is 0 Å². The van der Waals surface area contributed by atoms with Crippen molar-refractivity contribution in [2.24, 2.45) is 0 Å². The van der Waals surface area contributed by atoms with Crippen LogP contribution >= 0.6 is 0 Å². The summed E-state index contributed by atoms with van der Waals surface area (Å²) in [6.45, 7) is 1.99. The summed E-state index contributed by atoms with van der Waals surface area (Å²) in [5.41, 5.74) is 1.20. The van der Waals surface area contributed by atoms with Crippen LogP contribution in [-0.4, -0.2) is 34.9 Å². The average Bonchev–Trinajstić information content (AvgIpc) is 2.49. The van der Waals surface area contributed by atoms with Crippen molar-refractivity contribution in [1.29, 1.82) is 0 Å². The maximum absolute atomic E-state index is 10.9. The summed E-state index contributed by atoms with van der Waals surface area (Å²) < 4.78 is 29.5. The van der Waals surface area contributed by atoms with Crippen molar-refractivity contribution < 1.29 is 13.2 Å². The lowest BCUT2D eigenvalue weighted by Gasteiger charge is -2.07. The molecule has 0 atom stereocenters. The lowest BCUT2D eigenvalue weighted by Crippen LogP contribution is -2.26. The standard InChI is InChI=1S/C16H22N2O3S/c1-21-16-7-6-14-10-13(4-5-15(14)11-16)12-17-8-3-9-18-22(2,19)20/h4-7,10-11,17-18H,3,8-9,12H2,1-2H3. The molecule has 0 aliphatic rings. The zero-order valence-electron chi connectivity index (χ0n) is 12.9. The van der Waals surface area contributed by atoms with Crippen molar-refractivity contribution in [3.05, 3.63) is 42.0 Å². The van der Waals surface area contributed by atoms with Gasteiger partial charge in [-0.1, -0.05) is 18.2 Å². The Kier molecular flexibility index (Phi) is 5.76. The number of hydrogen-bond donors (Lipinski definition) is 2. The van der Waals surface area contributed by atoms with Gasteiger partial charge in [-0.05, 0) is 47.5 Å². The van der Waals surface area contributed by atoms with E-state index in [4.69, 9.17) is 4.74 Å². The highest BCUT2D eigenvalue weighted by molar-refractivity contribution is 7.88. The molecule has 0 saturated carbocycles. The second kappa shape index (κ2) is 7.58. The SMILES string of the molecule is COc1ccc2cc(CNCCCNS(C)(=O)=O)ccc2c1. The van der Waals surface area contributed by atoms with E-state index in [1.54, 1.807) is 7.11 Å². The van der Waals surface area contributed by atoms with Crippen molar-refractivity contribution in [1.82, 2.24) is 10.0 Å². The minimum absolute atomic E-state index is 0.462. The number of hydrogen-bond acceptors (Lipinski definition) is 4. The number of benzene rings is 2. The second-order valence-corrected chi connectivity index (χ2v) is 7.08. The van der Waals surface area contributed by atoms with Gasteiger partial charge in [-0.3, -0.25) is 0 Å². The predicted octanol–water partition coefficient (Wildman–Crippen LogP) is 1.88. The van der Waals surface area contributed by atoms with E-state index in [-0.39, 0.29) is 0 Å². The first-order valence-electron chi connectivity index (χ1n) is 7.20. The molecule has 0 saturated heterocycles. The predicted molar refractivity (Wildman–Crippen MR) is 89.7 cm³/mol. The van der Waals surface area contributed by atoms with Gasteiger partial charge in [0, 0.05) is 13.1 Å². The minimum Gasteiger partial charge on any atom is -0.497 e. The molecule has 0 bridgehead atoms. The van der Waals surface area contributed by atoms with E-state index in [0.717, 1.165) is 30.6 Å². The molecular weight excluding hydrogens is 300 g/mol. The molecule has 0 radical (unpaired) electrons. The Morgan fingerprint density at radius 1 is 1.05 bits per heavy atom. The average molecular weight is 322 g/mol. The van der Waals surface area contributed by atoms with Gasteiger partial charge >= 0.3 is 0 Å². The molecule has 22 heavy (non-hydrogen) atoms. The first-order chi connectivity index (χ1) is 10.5. The van der Waals surface area contributed by atoms with Crippen molar-refractivity contribution >= 4 is 20.8 Å². The molecular formula is C16H22N2O3S. The molecule has 0 heterocycles. The lowest BCUT2D eigenvalue weighted by atomic mass is 10.1. The molecule has 0 aliphatic heterocycles. The summed E-state index contributed by atoms with van der Waals surface area (Å²) in [5.74, 6) is 0.858. The molecule has 0 spiro atoms. The van der Waals surface area contributed by atoms with Crippen LogP contribution in [0.5, 0.6) is 5.75 Å². The Morgan fingerprint density at radius 3 is 2.50 bits per heavy atom.